The molecule has 0 bridgehead atoms. The highest BCUT2D eigenvalue weighted by atomic mass is 35.5. The summed E-state index contributed by atoms with van der Waals surface area (Å²) in [5.41, 5.74) is -0.783. The van der Waals surface area contributed by atoms with E-state index in [4.69, 9.17) is 16.3 Å². The number of sulfonamides is 1. The number of amides is 2. The predicted molar refractivity (Wildman–Crippen MR) is 152 cm³/mol. The molecule has 0 aliphatic carbocycles. The first-order valence-corrected chi connectivity index (χ1v) is 13.9. The molecule has 1 unspecified atom stereocenters. The lowest BCUT2D eigenvalue weighted by atomic mass is 10.2. The molecule has 0 heterocycles. The molecule has 0 radical (unpaired) electrons. The summed E-state index contributed by atoms with van der Waals surface area (Å²) < 4.78 is 72.8. The van der Waals surface area contributed by atoms with Gasteiger partial charge in [0.15, 0.2) is 6.10 Å². The van der Waals surface area contributed by atoms with Crippen LogP contribution in [-0.4, -0.2) is 38.9 Å². The SMILES string of the molecule is C=CCN(c1cccc(C(F)(F)F)c1)S(=O)(=O)c1cc(C(=O)OC(C)C(=O)Nc2ccc(NC(C)=O)cc2)ccc1Cl. The Morgan fingerprint density at radius 1 is 1.02 bits per heavy atom. The van der Waals surface area contributed by atoms with E-state index in [2.05, 4.69) is 17.2 Å². The summed E-state index contributed by atoms with van der Waals surface area (Å²) in [5, 5.41) is 4.82. The van der Waals surface area contributed by atoms with Gasteiger partial charge in [0.05, 0.1) is 28.4 Å². The lowest BCUT2D eigenvalue weighted by molar-refractivity contribution is -0.137. The Morgan fingerprint density at radius 2 is 1.64 bits per heavy atom. The van der Waals surface area contributed by atoms with E-state index in [0.29, 0.717) is 21.7 Å². The maximum Gasteiger partial charge on any atom is 0.416 e. The molecule has 3 aromatic rings. The van der Waals surface area contributed by atoms with Crippen LogP contribution in [0.5, 0.6) is 0 Å². The van der Waals surface area contributed by atoms with Crippen molar-refractivity contribution in [1.29, 1.82) is 0 Å². The summed E-state index contributed by atoms with van der Waals surface area (Å²) >= 11 is 6.16. The second-order valence-corrected chi connectivity index (χ2v) is 11.1. The number of carbonyl (C=O) groups is 3. The van der Waals surface area contributed by atoms with Crippen molar-refractivity contribution in [3.63, 3.8) is 0 Å². The average molecular weight is 624 g/mol. The van der Waals surface area contributed by atoms with Gasteiger partial charge in [0, 0.05) is 18.3 Å². The van der Waals surface area contributed by atoms with Crippen LogP contribution in [0.25, 0.3) is 0 Å². The van der Waals surface area contributed by atoms with E-state index in [-0.39, 0.29) is 22.2 Å². The van der Waals surface area contributed by atoms with Gasteiger partial charge >= 0.3 is 12.1 Å². The molecule has 9 nitrogen and oxygen atoms in total. The molecule has 0 saturated heterocycles. The molecule has 0 saturated carbocycles. The third-order valence-corrected chi connectivity index (χ3v) is 7.89. The molecule has 222 valence electrons. The molecule has 42 heavy (non-hydrogen) atoms. The van der Waals surface area contributed by atoms with Crippen molar-refractivity contribution in [2.24, 2.45) is 0 Å². The Morgan fingerprint density at radius 3 is 2.21 bits per heavy atom. The highest BCUT2D eigenvalue weighted by Gasteiger charge is 2.33. The highest BCUT2D eigenvalue weighted by molar-refractivity contribution is 7.93. The quantitative estimate of drug-likeness (QED) is 0.215. The van der Waals surface area contributed by atoms with Crippen LogP contribution in [0.1, 0.15) is 29.8 Å². The number of esters is 1. The topological polar surface area (TPSA) is 122 Å². The fourth-order valence-corrected chi connectivity index (χ4v) is 5.54. The molecule has 2 amide bonds. The number of benzene rings is 3. The normalized spacial score (nSPS) is 12.1. The number of anilines is 3. The molecule has 0 spiro atoms. The average Bonchev–Trinajstić information content (AvgIpc) is 2.92. The molecule has 0 aliphatic heterocycles. The smallest absolute Gasteiger partial charge is 0.416 e. The Bertz CT molecular complexity index is 1610. The van der Waals surface area contributed by atoms with Crippen LogP contribution in [-0.2, 0) is 30.5 Å². The summed E-state index contributed by atoms with van der Waals surface area (Å²) in [6.45, 7) is 5.72. The predicted octanol–water partition coefficient (Wildman–Crippen LogP) is 5.88. The van der Waals surface area contributed by atoms with E-state index >= 15 is 0 Å². The van der Waals surface area contributed by atoms with Gasteiger partial charge in [0.1, 0.15) is 4.90 Å². The largest absolute Gasteiger partial charge is 0.449 e. The Labute approximate surface area is 245 Å². The Balaban J connectivity index is 1.82. The van der Waals surface area contributed by atoms with Gasteiger partial charge in [0.2, 0.25) is 5.91 Å². The van der Waals surface area contributed by atoms with Crippen LogP contribution in [0.3, 0.4) is 0 Å². The van der Waals surface area contributed by atoms with Crippen LogP contribution in [0.2, 0.25) is 5.02 Å². The zero-order valence-corrected chi connectivity index (χ0v) is 23.8. The van der Waals surface area contributed by atoms with Gasteiger partial charge < -0.3 is 15.4 Å². The van der Waals surface area contributed by atoms with Gasteiger partial charge in [-0.1, -0.05) is 23.7 Å². The summed E-state index contributed by atoms with van der Waals surface area (Å²) in [4.78, 5) is 36.0. The fraction of sp³-hybridized carbons (Fsp3) is 0.179. The second-order valence-electron chi connectivity index (χ2n) is 8.81. The van der Waals surface area contributed by atoms with Crippen molar-refractivity contribution in [3.05, 3.63) is 95.5 Å². The van der Waals surface area contributed by atoms with Crippen molar-refractivity contribution in [2.75, 3.05) is 21.5 Å². The van der Waals surface area contributed by atoms with Gasteiger partial charge in [-0.15, -0.1) is 6.58 Å². The maximum absolute atomic E-state index is 13.6. The molecule has 3 rings (SSSR count). The minimum atomic E-state index is -4.72. The number of rotatable bonds is 10. The van der Waals surface area contributed by atoms with Gasteiger partial charge in [-0.25, -0.2) is 13.2 Å². The van der Waals surface area contributed by atoms with Crippen LogP contribution in [0.15, 0.2) is 84.3 Å². The van der Waals surface area contributed by atoms with E-state index in [9.17, 15) is 36.0 Å². The number of hydrogen-bond acceptors (Lipinski definition) is 6. The number of alkyl halides is 3. The molecule has 14 heteroatoms. The standard InChI is InChI=1S/C28H25ClF3N3O6S/c1-4-14-35(23-7-5-6-20(16-23)28(30,31)32)42(39,40)25-15-19(8-13-24(25)29)27(38)41-17(2)26(37)34-22-11-9-21(10-12-22)33-18(3)36/h4-13,15-17H,1,14H2,2-3H3,(H,33,36)(H,34,37). The number of nitrogens with zero attached hydrogens (tertiary/aromatic N) is 1. The summed E-state index contributed by atoms with van der Waals surface area (Å²) in [6.07, 6.45) is -4.86. The molecule has 1 atom stereocenters. The van der Waals surface area contributed by atoms with E-state index in [1.54, 1.807) is 12.1 Å². The van der Waals surface area contributed by atoms with Crippen molar-refractivity contribution >= 4 is 56.5 Å². The first kappa shape index (κ1) is 32.2. The van der Waals surface area contributed by atoms with Crippen LogP contribution in [0.4, 0.5) is 30.2 Å². The van der Waals surface area contributed by atoms with Gasteiger partial charge in [0.25, 0.3) is 15.9 Å². The molecule has 3 aromatic carbocycles. The van der Waals surface area contributed by atoms with Gasteiger partial charge in [-0.05, 0) is 67.6 Å². The van der Waals surface area contributed by atoms with Crippen molar-refractivity contribution in [2.45, 2.75) is 31.0 Å². The summed E-state index contributed by atoms with van der Waals surface area (Å²) in [5.74, 6) is -2.02. The number of carbonyl (C=O) groups excluding carboxylic acids is 3. The third kappa shape index (κ3) is 7.89. The van der Waals surface area contributed by atoms with E-state index < -0.39 is 51.2 Å². The Kier molecular flexibility index (Phi) is 10.0. The number of nitrogens with one attached hydrogen (secondary N) is 2. The first-order chi connectivity index (χ1) is 19.6. The zero-order chi connectivity index (χ0) is 31.2. The van der Waals surface area contributed by atoms with E-state index in [1.165, 1.54) is 44.2 Å². The van der Waals surface area contributed by atoms with E-state index in [1.807, 2.05) is 0 Å². The number of halogens is 4. The molecular formula is C28H25ClF3N3O6S. The van der Waals surface area contributed by atoms with Gasteiger partial charge in [-0.2, -0.15) is 13.2 Å². The molecular weight excluding hydrogens is 599 g/mol. The zero-order valence-electron chi connectivity index (χ0n) is 22.2. The number of hydrogen-bond donors (Lipinski definition) is 2. The van der Waals surface area contributed by atoms with E-state index in [0.717, 1.165) is 24.3 Å². The van der Waals surface area contributed by atoms with Crippen LogP contribution < -0.4 is 14.9 Å². The Hall–Kier alpha value is -4.36. The molecule has 0 aliphatic rings. The maximum atomic E-state index is 13.6. The third-order valence-electron chi connectivity index (χ3n) is 5.62. The second kappa shape index (κ2) is 13.1. The van der Waals surface area contributed by atoms with Crippen molar-refractivity contribution in [3.8, 4) is 0 Å². The molecule has 0 fully saturated rings. The minimum absolute atomic E-state index is 0.269. The van der Waals surface area contributed by atoms with Crippen molar-refractivity contribution in [1.82, 2.24) is 0 Å². The lowest BCUT2D eigenvalue weighted by Crippen LogP contribution is -2.32. The number of ether oxygens (including phenoxy) is 1. The van der Waals surface area contributed by atoms with Crippen LogP contribution >= 0.6 is 11.6 Å². The lowest BCUT2D eigenvalue weighted by Gasteiger charge is -2.24. The molecule has 2 N–H and O–H groups in total. The highest BCUT2D eigenvalue weighted by Crippen LogP contribution is 2.34. The summed E-state index contributed by atoms with van der Waals surface area (Å²) in [6, 6.07) is 13.1. The van der Waals surface area contributed by atoms with Crippen LogP contribution in [0, 0.1) is 0 Å². The monoisotopic (exact) mass is 623 g/mol. The fourth-order valence-electron chi connectivity index (χ4n) is 3.61. The first-order valence-electron chi connectivity index (χ1n) is 12.1. The van der Waals surface area contributed by atoms with Gasteiger partial charge in [-0.3, -0.25) is 13.9 Å². The molecule has 0 aromatic heterocycles. The van der Waals surface area contributed by atoms with Crippen molar-refractivity contribution < 1.29 is 40.7 Å². The summed E-state index contributed by atoms with van der Waals surface area (Å²) in [7, 11) is -4.61. The minimum Gasteiger partial charge on any atom is -0.449 e.